The van der Waals surface area contributed by atoms with Crippen LogP contribution in [0.15, 0.2) is 47.5 Å². The summed E-state index contributed by atoms with van der Waals surface area (Å²) < 4.78 is 18.8. The standard InChI is InChI=1S/C25H30FN3O2/c1-17(27-16-25(30)29-12-10-28(2)11-13-29)22-15-23(22)19-6-4-18(5-7-19)21-9-8-20(26)14-24(21)31-3/h4-9,14,22-23H,10-13,15-16H2,1-3H3. The second kappa shape index (κ2) is 9.18. The average Bonchev–Trinajstić information content (AvgIpc) is 3.59. The van der Waals surface area contributed by atoms with Crippen LogP contribution in [0.1, 0.15) is 24.8 Å². The smallest absolute Gasteiger partial charge is 0.244 e. The molecule has 0 N–H and O–H groups in total. The third-order valence-corrected chi connectivity index (χ3v) is 6.46. The Balaban J connectivity index is 1.35. The maximum atomic E-state index is 13.5. The number of aliphatic imine (C=N–C) groups is 1. The highest BCUT2D eigenvalue weighted by molar-refractivity contribution is 5.90. The monoisotopic (exact) mass is 423 g/mol. The summed E-state index contributed by atoms with van der Waals surface area (Å²) in [6.07, 6.45) is 1.07. The van der Waals surface area contributed by atoms with Crippen molar-refractivity contribution in [2.75, 3.05) is 46.9 Å². The average molecular weight is 424 g/mol. The minimum absolute atomic E-state index is 0.127. The van der Waals surface area contributed by atoms with Gasteiger partial charge >= 0.3 is 0 Å². The molecule has 2 unspecified atom stereocenters. The van der Waals surface area contributed by atoms with E-state index in [2.05, 4.69) is 41.2 Å². The molecule has 1 saturated heterocycles. The van der Waals surface area contributed by atoms with Gasteiger partial charge < -0.3 is 14.5 Å². The van der Waals surface area contributed by atoms with Gasteiger partial charge in [-0.05, 0) is 49.6 Å². The molecule has 164 valence electrons. The number of methoxy groups -OCH3 is 1. The summed E-state index contributed by atoms with van der Waals surface area (Å²) in [6, 6.07) is 13.0. The van der Waals surface area contributed by atoms with E-state index < -0.39 is 0 Å². The van der Waals surface area contributed by atoms with Gasteiger partial charge in [-0.1, -0.05) is 24.3 Å². The number of nitrogens with zero attached hydrogens (tertiary/aromatic N) is 3. The highest BCUT2D eigenvalue weighted by Crippen LogP contribution is 2.48. The second-order valence-electron chi connectivity index (χ2n) is 8.56. The predicted octanol–water partition coefficient (Wildman–Crippen LogP) is 3.84. The zero-order chi connectivity index (χ0) is 22.0. The van der Waals surface area contributed by atoms with E-state index in [4.69, 9.17) is 4.74 Å². The van der Waals surface area contributed by atoms with Crippen molar-refractivity contribution in [3.8, 4) is 16.9 Å². The summed E-state index contributed by atoms with van der Waals surface area (Å²) in [5.74, 6) is 1.21. The number of hydrogen-bond donors (Lipinski definition) is 0. The molecule has 5 nitrogen and oxygen atoms in total. The number of ether oxygens (including phenoxy) is 1. The van der Waals surface area contributed by atoms with Crippen LogP contribution >= 0.6 is 0 Å². The molecule has 0 aromatic heterocycles. The Bertz CT molecular complexity index is 965. The molecule has 2 aromatic rings. The first-order chi connectivity index (χ1) is 15.0. The number of benzene rings is 2. The predicted molar refractivity (Wildman–Crippen MR) is 121 cm³/mol. The molecule has 0 radical (unpaired) electrons. The lowest BCUT2D eigenvalue weighted by molar-refractivity contribution is -0.131. The quantitative estimate of drug-likeness (QED) is 0.663. The van der Waals surface area contributed by atoms with E-state index in [1.807, 2.05) is 11.8 Å². The summed E-state index contributed by atoms with van der Waals surface area (Å²) in [5.41, 5.74) is 4.22. The fourth-order valence-corrected chi connectivity index (χ4v) is 4.30. The lowest BCUT2D eigenvalue weighted by Crippen LogP contribution is -2.47. The molecule has 1 aliphatic carbocycles. The summed E-state index contributed by atoms with van der Waals surface area (Å²) in [4.78, 5) is 21.2. The van der Waals surface area contributed by atoms with E-state index in [9.17, 15) is 9.18 Å². The van der Waals surface area contributed by atoms with Crippen molar-refractivity contribution in [1.29, 1.82) is 0 Å². The number of likely N-dealkylation sites (N-methyl/N-ethyl adjacent to an activating group) is 1. The minimum atomic E-state index is -0.307. The van der Waals surface area contributed by atoms with Gasteiger partial charge in [0.15, 0.2) is 0 Å². The summed E-state index contributed by atoms with van der Waals surface area (Å²) >= 11 is 0. The number of halogens is 1. The second-order valence-corrected chi connectivity index (χ2v) is 8.56. The Morgan fingerprint density at radius 3 is 2.52 bits per heavy atom. The van der Waals surface area contributed by atoms with Crippen LogP contribution < -0.4 is 4.74 Å². The molecule has 2 atom stereocenters. The fourth-order valence-electron chi connectivity index (χ4n) is 4.30. The van der Waals surface area contributed by atoms with E-state index in [1.165, 1.54) is 17.7 Å². The number of hydrogen-bond acceptors (Lipinski definition) is 4. The topological polar surface area (TPSA) is 45.1 Å². The molecule has 2 fully saturated rings. The van der Waals surface area contributed by atoms with E-state index in [1.54, 1.807) is 13.2 Å². The highest BCUT2D eigenvalue weighted by Gasteiger charge is 2.40. The number of carbonyl (C=O) groups is 1. The van der Waals surface area contributed by atoms with Crippen molar-refractivity contribution in [2.24, 2.45) is 10.9 Å². The Hall–Kier alpha value is -2.73. The Kier molecular flexibility index (Phi) is 6.37. The number of rotatable bonds is 6. The molecular weight excluding hydrogens is 393 g/mol. The van der Waals surface area contributed by atoms with Crippen LogP contribution in [-0.2, 0) is 4.79 Å². The zero-order valence-corrected chi connectivity index (χ0v) is 18.5. The van der Waals surface area contributed by atoms with Crippen LogP contribution in [0.4, 0.5) is 4.39 Å². The van der Waals surface area contributed by atoms with Crippen molar-refractivity contribution in [3.63, 3.8) is 0 Å². The summed E-state index contributed by atoms with van der Waals surface area (Å²) in [7, 11) is 3.64. The van der Waals surface area contributed by atoms with Crippen LogP contribution in [0.3, 0.4) is 0 Å². The summed E-state index contributed by atoms with van der Waals surface area (Å²) in [6.45, 7) is 5.74. The molecule has 1 saturated carbocycles. The van der Waals surface area contributed by atoms with Crippen molar-refractivity contribution < 1.29 is 13.9 Å². The van der Waals surface area contributed by atoms with E-state index in [0.717, 1.165) is 49.4 Å². The van der Waals surface area contributed by atoms with Crippen molar-refractivity contribution in [1.82, 2.24) is 9.80 Å². The van der Waals surface area contributed by atoms with Crippen LogP contribution in [0.2, 0.25) is 0 Å². The third kappa shape index (κ3) is 4.96. The normalized spacial score (nSPS) is 21.8. The Morgan fingerprint density at radius 1 is 1.13 bits per heavy atom. The van der Waals surface area contributed by atoms with Gasteiger partial charge in [0.1, 0.15) is 18.1 Å². The fraction of sp³-hybridized carbons (Fsp3) is 0.440. The molecule has 2 aromatic carbocycles. The van der Waals surface area contributed by atoms with Gasteiger partial charge in [0.05, 0.1) is 7.11 Å². The van der Waals surface area contributed by atoms with Gasteiger partial charge in [-0.3, -0.25) is 9.79 Å². The molecule has 1 aliphatic heterocycles. The minimum Gasteiger partial charge on any atom is -0.496 e. The largest absolute Gasteiger partial charge is 0.496 e. The van der Waals surface area contributed by atoms with Crippen LogP contribution in [-0.4, -0.2) is 68.3 Å². The van der Waals surface area contributed by atoms with Crippen molar-refractivity contribution in [2.45, 2.75) is 19.3 Å². The van der Waals surface area contributed by atoms with Gasteiger partial charge in [0.25, 0.3) is 0 Å². The molecule has 0 bridgehead atoms. The maximum absolute atomic E-state index is 13.5. The van der Waals surface area contributed by atoms with E-state index >= 15 is 0 Å². The van der Waals surface area contributed by atoms with Gasteiger partial charge in [0, 0.05) is 49.4 Å². The van der Waals surface area contributed by atoms with Gasteiger partial charge in [-0.25, -0.2) is 4.39 Å². The first-order valence-electron chi connectivity index (χ1n) is 10.9. The van der Waals surface area contributed by atoms with E-state index in [-0.39, 0.29) is 18.3 Å². The SMILES string of the molecule is COc1cc(F)ccc1-c1ccc(C2CC2C(C)=NCC(=O)N2CCN(C)CC2)cc1. The highest BCUT2D eigenvalue weighted by atomic mass is 19.1. The van der Waals surface area contributed by atoms with Crippen molar-refractivity contribution in [3.05, 3.63) is 53.8 Å². The first-order valence-corrected chi connectivity index (χ1v) is 10.9. The molecule has 6 heteroatoms. The number of piperazine rings is 1. The maximum Gasteiger partial charge on any atom is 0.244 e. The number of carbonyl (C=O) groups excluding carboxylic acids is 1. The van der Waals surface area contributed by atoms with Gasteiger partial charge in [-0.2, -0.15) is 0 Å². The van der Waals surface area contributed by atoms with Crippen molar-refractivity contribution >= 4 is 11.6 Å². The molecule has 2 aliphatic rings. The van der Waals surface area contributed by atoms with Gasteiger partial charge in [0.2, 0.25) is 5.91 Å². The molecular formula is C25H30FN3O2. The molecule has 4 rings (SSSR count). The molecule has 31 heavy (non-hydrogen) atoms. The molecule has 1 amide bonds. The van der Waals surface area contributed by atoms with Crippen LogP contribution in [0.5, 0.6) is 5.75 Å². The Labute approximate surface area is 183 Å². The summed E-state index contributed by atoms with van der Waals surface area (Å²) in [5, 5.41) is 0. The lowest BCUT2D eigenvalue weighted by atomic mass is 10.0. The third-order valence-electron chi connectivity index (χ3n) is 6.46. The number of amides is 1. The molecule has 1 heterocycles. The first kappa shape index (κ1) is 21.5. The van der Waals surface area contributed by atoms with Gasteiger partial charge in [-0.15, -0.1) is 0 Å². The lowest BCUT2D eigenvalue weighted by Gasteiger charge is -2.32. The molecule has 0 spiro atoms. The van der Waals surface area contributed by atoms with Crippen LogP contribution in [0, 0.1) is 11.7 Å². The Morgan fingerprint density at radius 2 is 1.84 bits per heavy atom. The zero-order valence-electron chi connectivity index (χ0n) is 18.5. The van der Waals surface area contributed by atoms with E-state index in [0.29, 0.717) is 17.6 Å². The van der Waals surface area contributed by atoms with Crippen LogP contribution in [0.25, 0.3) is 11.1 Å².